The van der Waals surface area contributed by atoms with Gasteiger partial charge in [0.05, 0.1) is 11.3 Å². The molecule has 0 N–H and O–H groups in total. The first kappa shape index (κ1) is 32.6. The van der Waals surface area contributed by atoms with Crippen molar-refractivity contribution in [2.45, 2.75) is 84.2 Å². The van der Waals surface area contributed by atoms with Crippen molar-refractivity contribution in [3.05, 3.63) is 95.6 Å². The van der Waals surface area contributed by atoms with Gasteiger partial charge in [-0.2, -0.15) is 13.2 Å². The van der Waals surface area contributed by atoms with Gasteiger partial charge < -0.3 is 0 Å². The number of aromatic nitrogens is 2. The maximum absolute atomic E-state index is 14.2. The van der Waals surface area contributed by atoms with Gasteiger partial charge in [-0.25, -0.2) is 0 Å². The zero-order valence-electron chi connectivity index (χ0n) is 25.6. The van der Waals surface area contributed by atoms with Crippen LogP contribution in [0.25, 0.3) is 33.6 Å². The third-order valence-electron chi connectivity index (χ3n) is 7.43. The van der Waals surface area contributed by atoms with Gasteiger partial charge in [-0.15, -0.1) is 10.2 Å². The van der Waals surface area contributed by atoms with Crippen molar-refractivity contribution in [1.82, 2.24) is 10.2 Å². The largest absolute Gasteiger partial charge is 0.418 e. The molecule has 0 aliphatic heterocycles. The molecule has 2 nitrogen and oxygen atoms in total. The molecule has 0 saturated carbocycles. The molecule has 0 aliphatic carbocycles. The van der Waals surface area contributed by atoms with E-state index < -0.39 is 11.7 Å². The van der Waals surface area contributed by atoms with E-state index in [1.54, 1.807) is 36.4 Å². The highest BCUT2D eigenvalue weighted by atomic mass is 19.4. The van der Waals surface area contributed by atoms with Gasteiger partial charge >= 0.3 is 6.18 Å². The van der Waals surface area contributed by atoms with Crippen LogP contribution in [0.4, 0.5) is 13.2 Å². The number of nitrogens with zero attached hydrogens (tertiary/aromatic N) is 2. The third kappa shape index (κ3) is 9.58. The monoisotopic (exact) mass is 592 g/mol. The van der Waals surface area contributed by atoms with Gasteiger partial charge in [0.25, 0.3) is 0 Å². The summed E-state index contributed by atoms with van der Waals surface area (Å²) in [5.41, 5.74) is 3.77. The molecule has 5 heteroatoms. The minimum Gasteiger partial charge on any atom is -0.166 e. The van der Waals surface area contributed by atoms with Crippen molar-refractivity contribution in [1.29, 1.82) is 0 Å². The molecule has 3 aromatic carbocycles. The Morgan fingerprint density at radius 3 is 1.48 bits per heavy atom. The predicted molar refractivity (Wildman–Crippen MR) is 175 cm³/mol. The van der Waals surface area contributed by atoms with E-state index in [0.717, 1.165) is 60.4 Å². The Morgan fingerprint density at radius 2 is 1.00 bits per heavy atom. The molecule has 44 heavy (non-hydrogen) atoms. The fraction of sp³-hybridized carbons (Fsp3) is 0.333. The van der Waals surface area contributed by atoms with Gasteiger partial charge in [0.2, 0.25) is 0 Å². The number of hydrogen-bond donors (Lipinski definition) is 0. The van der Waals surface area contributed by atoms with Crippen LogP contribution in [0.2, 0.25) is 0 Å². The van der Waals surface area contributed by atoms with Crippen LogP contribution in [-0.4, -0.2) is 10.2 Å². The molecule has 1 heterocycles. The lowest BCUT2D eigenvalue weighted by molar-refractivity contribution is -0.137. The van der Waals surface area contributed by atoms with Crippen molar-refractivity contribution < 1.29 is 13.2 Å². The second kappa shape index (κ2) is 16.5. The van der Waals surface area contributed by atoms with Gasteiger partial charge in [0, 0.05) is 35.1 Å². The van der Waals surface area contributed by atoms with Crippen LogP contribution < -0.4 is 0 Å². The predicted octanol–water partition coefficient (Wildman–Crippen LogP) is 11.1. The molecule has 4 aromatic rings. The fourth-order valence-electron chi connectivity index (χ4n) is 4.86. The molecule has 0 fully saturated rings. The summed E-state index contributed by atoms with van der Waals surface area (Å²) in [6.45, 7) is 4.37. The molecule has 0 saturated heterocycles. The molecular formula is C39H39F3N2. The summed E-state index contributed by atoms with van der Waals surface area (Å²) in [6, 6.07) is 23.1. The van der Waals surface area contributed by atoms with E-state index in [0.29, 0.717) is 11.1 Å². The topological polar surface area (TPSA) is 25.8 Å². The summed E-state index contributed by atoms with van der Waals surface area (Å²) in [5, 5.41) is 8.22. The summed E-state index contributed by atoms with van der Waals surface area (Å²) in [6.07, 6.45) is 6.54. The lowest BCUT2D eigenvalue weighted by atomic mass is 10.00. The molecule has 0 unspecified atom stereocenters. The Bertz CT molecular complexity index is 1600. The van der Waals surface area contributed by atoms with Crippen molar-refractivity contribution in [3.8, 4) is 57.3 Å². The maximum atomic E-state index is 14.2. The summed E-state index contributed by atoms with van der Waals surface area (Å²) in [7, 11) is 0. The van der Waals surface area contributed by atoms with Crippen molar-refractivity contribution in [2.24, 2.45) is 0 Å². The molecule has 0 bridgehead atoms. The molecule has 0 atom stereocenters. The van der Waals surface area contributed by atoms with Crippen molar-refractivity contribution >= 4 is 0 Å². The Hall–Kier alpha value is -4.35. The molecular weight excluding hydrogens is 553 g/mol. The molecule has 0 aliphatic rings. The van der Waals surface area contributed by atoms with Crippen LogP contribution in [0, 0.1) is 23.7 Å². The molecule has 226 valence electrons. The van der Waals surface area contributed by atoms with Crippen LogP contribution in [0.5, 0.6) is 0 Å². The summed E-state index contributed by atoms with van der Waals surface area (Å²) in [5.74, 6) is 12.7. The normalized spacial score (nSPS) is 10.9. The smallest absolute Gasteiger partial charge is 0.166 e. The van der Waals surface area contributed by atoms with Crippen LogP contribution in [0.15, 0.2) is 78.9 Å². The number of benzene rings is 3. The summed E-state index contributed by atoms with van der Waals surface area (Å²) >= 11 is 0. The molecule has 4 rings (SSSR count). The Kier molecular flexibility index (Phi) is 12.2. The van der Waals surface area contributed by atoms with Gasteiger partial charge in [-0.3, -0.25) is 0 Å². The summed E-state index contributed by atoms with van der Waals surface area (Å²) < 4.78 is 42.5. The van der Waals surface area contributed by atoms with Crippen LogP contribution in [0.3, 0.4) is 0 Å². The first-order valence-electron chi connectivity index (χ1n) is 15.6. The van der Waals surface area contributed by atoms with Crippen molar-refractivity contribution in [3.63, 3.8) is 0 Å². The molecule has 1 aromatic heterocycles. The van der Waals surface area contributed by atoms with Crippen LogP contribution in [-0.2, 0) is 6.18 Å². The van der Waals surface area contributed by atoms with E-state index in [1.165, 1.54) is 32.1 Å². The number of halogens is 3. The van der Waals surface area contributed by atoms with Crippen LogP contribution in [0.1, 0.15) is 94.7 Å². The summed E-state index contributed by atoms with van der Waals surface area (Å²) in [4.78, 5) is 0. The number of unbranched alkanes of at least 4 members (excludes halogenated alkanes) is 8. The number of alkyl halides is 3. The number of hydrogen-bond acceptors (Lipinski definition) is 2. The van der Waals surface area contributed by atoms with E-state index in [1.807, 2.05) is 36.4 Å². The van der Waals surface area contributed by atoms with E-state index in [-0.39, 0.29) is 11.4 Å². The maximum Gasteiger partial charge on any atom is 0.418 e. The van der Waals surface area contributed by atoms with E-state index >= 15 is 0 Å². The van der Waals surface area contributed by atoms with Gasteiger partial charge in [-0.05, 0) is 54.3 Å². The average Bonchev–Trinajstić information content (AvgIpc) is 3.04. The molecule has 0 amide bonds. The first-order chi connectivity index (χ1) is 21.4. The average molecular weight is 593 g/mol. The third-order valence-corrected chi connectivity index (χ3v) is 7.43. The SMILES string of the molecule is CCCCCCC#Cc1ccc(-c2ccc(-c3cc(C(F)(F)F)c(-c4ccc(C#CCCCCCC)cc4)nn3)cc2)cc1. The van der Waals surface area contributed by atoms with E-state index in [9.17, 15) is 13.2 Å². The highest BCUT2D eigenvalue weighted by Gasteiger charge is 2.35. The van der Waals surface area contributed by atoms with E-state index in [2.05, 4.69) is 47.7 Å². The Morgan fingerprint density at radius 1 is 0.545 bits per heavy atom. The quantitative estimate of drug-likeness (QED) is 0.128. The standard InChI is InChI=1S/C39H39F3N2/c1-3-5-7-9-11-13-15-30-17-21-32(22-18-30)33-25-27-34(28-26-33)37-29-36(39(40,41)42)38(44-43-37)35-23-19-31(20-24-35)16-14-12-10-8-6-4-2/h17-29H,3-12H2,1-2H3. The minimum atomic E-state index is -4.59. The minimum absolute atomic E-state index is 0.169. The van der Waals surface area contributed by atoms with Gasteiger partial charge in [0.15, 0.2) is 0 Å². The highest BCUT2D eigenvalue weighted by Crippen LogP contribution is 2.37. The van der Waals surface area contributed by atoms with Gasteiger partial charge in [-0.1, -0.05) is 125 Å². The van der Waals surface area contributed by atoms with Crippen LogP contribution >= 0.6 is 0 Å². The molecule has 0 radical (unpaired) electrons. The highest BCUT2D eigenvalue weighted by molar-refractivity contribution is 5.72. The van der Waals surface area contributed by atoms with Gasteiger partial charge in [0.1, 0.15) is 5.69 Å². The molecule has 0 spiro atoms. The Balaban J connectivity index is 1.46. The second-order valence-electron chi connectivity index (χ2n) is 10.9. The lowest BCUT2D eigenvalue weighted by Crippen LogP contribution is -2.10. The first-order valence-corrected chi connectivity index (χ1v) is 15.6. The fourth-order valence-corrected chi connectivity index (χ4v) is 4.86. The Labute approximate surface area is 260 Å². The lowest BCUT2D eigenvalue weighted by Gasteiger charge is -2.13. The zero-order valence-corrected chi connectivity index (χ0v) is 25.6. The number of rotatable bonds is 11. The zero-order chi connectivity index (χ0) is 31.2. The second-order valence-corrected chi connectivity index (χ2v) is 10.9. The van der Waals surface area contributed by atoms with Crippen molar-refractivity contribution in [2.75, 3.05) is 0 Å². The van der Waals surface area contributed by atoms with E-state index in [4.69, 9.17) is 0 Å².